The Labute approximate surface area is 128 Å². The van der Waals surface area contributed by atoms with E-state index in [1.165, 1.54) is 38.5 Å². The Kier molecular flexibility index (Phi) is 6.56. The summed E-state index contributed by atoms with van der Waals surface area (Å²) in [6, 6.07) is 10.5. The molecule has 1 saturated carbocycles. The van der Waals surface area contributed by atoms with Crippen LogP contribution in [-0.2, 0) is 6.54 Å². The number of nitrogens with one attached hydrogen (secondary N) is 1. The van der Waals surface area contributed by atoms with Crippen molar-refractivity contribution in [2.24, 2.45) is 5.92 Å². The number of benzene rings is 1. The second-order valence-corrected chi connectivity index (χ2v) is 5.98. The van der Waals surface area contributed by atoms with Gasteiger partial charge in [0.2, 0.25) is 0 Å². The number of hydrogen-bond acceptors (Lipinski definition) is 3. The monoisotopic (exact) mass is 286 g/mol. The number of para-hydroxylation sites is 1. The summed E-state index contributed by atoms with van der Waals surface area (Å²) >= 11 is 0. The predicted octanol–water partition coefficient (Wildman–Crippen LogP) is 4.04. The predicted molar refractivity (Wildman–Crippen MR) is 85.0 cm³/mol. The molecule has 2 rings (SSSR count). The number of nitrogens with zero attached hydrogens (tertiary/aromatic N) is 1. The van der Waals surface area contributed by atoms with Crippen molar-refractivity contribution < 1.29 is 4.74 Å². The zero-order valence-electron chi connectivity index (χ0n) is 13.0. The fourth-order valence-electron chi connectivity index (χ4n) is 3.15. The molecule has 21 heavy (non-hydrogen) atoms. The van der Waals surface area contributed by atoms with Gasteiger partial charge in [0.25, 0.3) is 0 Å². The van der Waals surface area contributed by atoms with Crippen LogP contribution in [0.15, 0.2) is 24.3 Å². The van der Waals surface area contributed by atoms with Crippen molar-refractivity contribution in [3.8, 4) is 11.8 Å². The summed E-state index contributed by atoms with van der Waals surface area (Å²) in [4.78, 5) is 0. The second-order valence-electron chi connectivity index (χ2n) is 5.98. The SMILES string of the molecule is C[C@@H](NCc1ccccc1OCC#N)C1CCCCCC1. The summed E-state index contributed by atoms with van der Waals surface area (Å²) in [6.45, 7) is 3.21. The van der Waals surface area contributed by atoms with Gasteiger partial charge in [0.15, 0.2) is 6.61 Å². The van der Waals surface area contributed by atoms with Crippen LogP contribution in [0.2, 0.25) is 0 Å². The zero-order valence-corrected chi connectivity index (χ0v) is 13.0. The van der Waals surface area contributed by atoms with Gasteiger partial charge in [0.1, 0.15) is 11.8 Å². The number of rotatable bonds is 6. The van der Waals surface area contributed by atoms with Crippen molar-refractivity contribution in [2.45, 2.75) is 58.0 Å². The fraction of sp³-hybridized carbons (Fsp3) is 0.611. The van der Waals surface area contributed by atoms with Crippen LogP contribution in [-0.4, -0.2) is 12.6 Å². The molecule has 0 radical (unpaired) electrons. The van der Waals surface area contributed by atoms with Crippen molar-refractivity contribution in [1.29, 1.82) is 5.26 Å². The molecule has 0 amide bonds. The second kappa shape index (κ2) is 8.69. The van der Waals surface area contributed by atoms with E-state index in [0.717, 1.165) is 23.8 Å². The molecule has 3 nitrogen and oxygen atoms in total. The molecule has 0 aromatic heterocycles. The van der Waals surface area contributed by atoms with E-state index in [9.17, 15) is 0 Å². The molecule has 0 heterocycles. The Morgan fingerprint density at radius 1 is 1.24 bits per heavy atom. The van der Waals surface area contributed by atoms with Gasteiger partial charge in [-0.2, -0.15) is 5.26 Å². The average molecular weight is 286 g/mol. The van der Waals surface area contributed by atoms with E-state index in [4.69, 9.17) is 10.00 Å². The minimum Gasteiger partial charge on any atom is -0.478 e. The van der Waals surface area contributed by atoms with E-state index >= 15 is 0 Å². The van der Waals surface area contributed by atoms with Gasteiger partial charge in [-0.05, 0) is 31.7 Å². The third-order valence-corrected chi connectivity index (χ3v) is 4.49. The Hall–Kier alpha value is -1.53. The maximum absolute atomic E-state index is 8.64. The molecule has 1 atom stereocenters. The van der Waals surface area contributed by atoms with Gasteiger partial charge in [0.05, 0.1) is 0 Å². The van der Waals surface area contributed by atoms with Crippen LogP contribution in [0.4, 0.5) is 0 Å². The van der Waals surface area contributed by atoms with E-state index in [-0.39, 0.29) is 6.61 Å². The maximum Gasteiger partial charge on any atom is 0.174 e. The van der Waals surface area contributed by atoms with Crippen LogP contribution in [0, 0.1) is 17.2 Å². The molecule has 0 spiro atoms. The smallest absolute Gasteiger partial charge is 0.174 e. The lowest BCUT2D eigenvalue weighted by atomic mass is 9.93. The molecular weight excluding hydrogens is 260 g/mol. The molecule has 0 aliphatic heterocycles. The van der Waals surface area contributed by atoms with Crippen molar-refractivity contribution in [3.63, 3.8) is 0 Å². The molecule has 114 valence electrons. The maximum atomic E-state index is 8.64. The first-order valence-corrected chi connectivity index (χ1v) is 8.12. The van der Waals surface area contributed by atoms with Crippen molar-refractivity contribution in [3.05, 3.63) is 29.8 Å². The van der Waals surface area contributed by atoms with Crippen molar-refractivity contribution >= 4 is 0 Å². The Bertz CT molecular complexity index is 459. The van der Waals surface area contributed by atoms with Crippen LogP contribution >= 0.6 is 0 Å². The Morgan fingerprint density at radius 3 is 2.67 bits per heavy atom. The van der Waals surface area contributed by atoms with Crippen LogP contribution < -0.4 is 10.1 Å². The summed E-state index contributed by atoms with van der Waals surface area (Å²) in [7, 11) is 0. The quantitative estimate of drug-likeness (QED) is 0.803. The molecule has 0 saturated heterocycles. The van der Waals surface area contributed by atoms with Crippen LogP contribution in [0.25, 0.3) is 0 Å². The Morgan fingerprint density at radius 2 is 1.95 bits per heavy atom. The van der Waals surface area contributed by atoms with Crippen molar-refractivity contribution in [2.75, 3.05) is 6.61 Å². The molecule has 1 aromatic rings. The van der Waals surface area contributed by atoms with E-state index in [1.54, 1.807) is 0 Å². The Balaban J connectivity index is 1.88. The lowest BCUT2D eigenvalue weighted by molar-refractivity contribution is 0.330. The van der Waals surface area contributed by atoms with Gasteiger partial charge >= 0.3 is 0 Å². The summed E-state index contributed by atoms with van der Waals surface area (Å²) in [6.07, 6.45) is 8.24. The first kappa shape index (κ1) is 15.9. The highest BCUT2D eigenvalue weighted by molar-refractivity contribution is 5.33. The summed E-state index contributed by atoms with van der Waals surface area (Å²) in [5.41, 5.74) is 1.13. The summed E-state index contributed by atoms with van der Waals surface area (Å²) in [5.74, 6) is 1.61. The fourth-order valence-corrected chi connectivity index (χ4v) is 3.15. The summed E-state index contributed by atoms with van der Waals surface area (Å²) in [5, 5.41) is 12.3. The van der Waals surface area contributed by atoms with Gasteiger partial charge in [-0.1, -0.05) is 43.9 Å². The van der Waals surface area contributed by atoms with E-state index in [2.05, 4.69) is 18.3 Å². The molecule has 0 unspecified atom stereocenters. The number of ether oxygens (including phenoxy) is 1. The van der Waals surface area contributed by atoms with Gasteiger partial charge < -0.3 is 10.1 Å². The molecule has 1 fully saturated rings. The third-order valence-electron chi connectivity index (χ3n) is 4.49. The minimum absolute atomic E-state index is 0.106. The number of hydrogen-bond donors (Lipinski definition) is 1. The van der Waals surface area contributed by atoms with Crippen LogP contribution in [0.1, 0.15) is 51.0 Å². The lowest BCUT2D eigenvalue weighted by Crippen LogP contribution is -2.33. The minimum atomic E-state index is 0.106. The van der Waals surface area contributed by atoms with Crippen LogP contribution in [0.3, 0.4) is 0 Å². The van der Waals surface area contributed by atoms with Gasteiger partial charge in [-0.3, -0.25) is 0 Å². The standard InChI is InChI=1S/C18H26N2O/c1-15(16-8-4-2-3-5-9-16)20-14-17-10-6-7-11-18(17)21-13-12-19/h6-7,10-11,15-16,20H,2-5,8-9,13-14H2,1H3/t15-/m1/s1. The highest BCUT2D eigenvalue weighted by atomic mass is 16.5. The highest BCUT2D eigenvalue weighted by Gasteiger charge is 2.18. The first-order chi connectivity index (χ1) is 10.3. The van der Waals surface area contributed by atoms with Gasteiger partial charge in [-0.15, -0.1) is 0 Å². The first-order valence-electron chi connectivity index (χ1n) is 8.12. The largest absolute Gasteiger partial charge is 0.478 e. The molecule has 1 N–H and O–H groups in total. The van der Waals surface area contributed by atoms with Gasteiger partial charge in [0, 0.05) is 18.2 Å². The third kappa shape index (κ3) is 5.06. The topological polar surface area (TPSA) is 45.0 Å². The average Bonchev–Trinajstić information content (AvgIpc) is 2.80. The van der Waals surface area contributed by atoms with Crippen LogP contribution in [0.5, 0.6) is 5.75 Å². The van der Waals surface area contributed by atoms with Crippen molar-refractivity contribution in [1.82, 2.24) is 5.32 Å². The van der Waals surface area contributed by atoms with E-state index < -0.39 is 0 Å². The van der Waals surface area contributed by atoms with E-state index in [1.807, 2.05) is 24.3 Å². The zero-order chi connectivity index (χ0) is 14.9. The molecule has 1 aliphatic rings. The molecule has 1 aliphatic carbocycles. The summed E-state index contributed by atoms with van der Waals surface area (Å²) < 4.78 is 5.48. The highest BCUT2D eigenvalue weighted by Crippen LogP contribution is 2.26. The molecule has 0 bridgehead atoms. The molecule has 3 heteroatoms. The van der Waals surface area contributed by atoms with E-state index in [0.29, 0.717) is 6.04 Å². The lowest BCUT2D eigenvalue weighted by Gasteiger charge is -2.24. The van der Waals surface area contributed by atoms with Gasteiger partial charge in [-0.25, -0.2) is 0 Å². The normalized spacial score (nSPS) is 17.7. The molecular formula is C18H26N2O. The number of nitriles is 1. The molecule has 1 aromatic carbocycles.